The molecular weight excluding hydrogens is 331 g/mol. The molecule has 1 amide bonds. The molecule has 2 rings (SSSR count). The number of carbonyl (C=O) groups excluding carboxylic acids is 2. The van der Waals surface area contributed by atoms with Gasteiger partial charge in [-0.2, -0.15) is 0 Å². The Kier molecular flexibility index (Phi) is 5.43. The number of esters is 1. The summed E-state index contributed by atoms with van der Waals surface area (Å²) in [4.78, 5) is 35.8. The molecule has 7 nitrogen and oxygen atoms in total. The largest absolute Gasteiger partial charge is 0.465 e. The summed E-state index contributed by atoms with van der Waals surface area (Å²) in [5.41, 5.74) is 0.0348. The Morgan fingerprint density at radius 3 is 2.48 bits per heavy atom. The van der Waals surface area contributed by atoms with E-state index in [1.165, 1.54) is 36.2 Å². The zero-order chi connectivity index (χ0) is 18.6. The lowest BCUT2D eigenvalue weighted by Crippen LogP contribution is -2.26. The fraction of sp³-hybridized carbons (Fsp3) is 0.176. The SMILES string of the molecule is COC(=O)c1cc(C(=O)N(C)Cc2cccc(F)c2)cc([N+](=O)[O-])c1. The van der Waals surface area contributed by atoms with Gasteiger partial charge in [-0.05, 0) is 23.8 Å². The summed E-state index contributed by atoms with van der Waals surface area (Å²) in [6.07, 6.45) is 0. The van der Waals surface area contributed by atoms with E-state index in [4.69, 9.17) is 0 Å². The van der Waals surface area contributed by atoms with Gasteiger partial charge in [0.15, 0.2) is 0 Å². The zero-order valence-electron chi connectivity index (χ0n) is 13.6. The summed E-state index contributed by atoms with van der Waals surface area (Å²) in [5.74, 6) is -1.76. The molecule has 0 bridgehead atoms. The molecule has 0 N–H and O–H groups in total. The second-order valence-corrected chi connectivity index (χ2v) is 5.31. The van der Waals surface area contributed by atoms with E-state index in [0.717, 1.165) is 19.2 Å². The van der Waals surface area contributed by atoms with Crippen LogP contribution in [0.2, 0.25) is 0 Å². The van der Waals surface area contributed by atoms with Gasteiger partial charge in [-0.1, -0.05) is 12.1 Å². The van der Waals surface area contributed by atoms with Crippen molar-refractivity contribution in [3.8, 4) is 0 Å². The van der Waals surface area contributed by atoms with Crippen LogP contribution >= 0.6 is 0 Å². The van der Waals surface area contributed by atoms with Gasteiger partial charge >= 0.3 is 5.97 Å². The first-order valence-electron chi connectivity index (χ1n) is 7.19. The van der Waals surface area contributed by atoms with Crippen molar-refractivity contribution in [2.24, 2.45) is 0 Å². The molecule has 8 heteroatoms. The highest BCUT2D eigenvalue weighted by molar-refractivity contribution is 5.98. The minimum atomic E-state index is -0.787. The Labute approximate surface area is 142 Å². The first kappa shape index (κ1) is 18.1. The minimum absolute atomic E-state index is 0.0338. The van der Waals surface area contributed by atoms with E-state index < -0.39 is 28.3 Å². The Hall–Kier alpha value is -3.29. The van der Waals surface area contributed by atoms with Crippen LogP contribution in [0.25, 0.3) is 0 Å². The number of non-ortho nitro benzene ring substituents is 1. The van der Waals surface area contributed by atoms with E-state index in [1.54, 1.807) is 6.07 Å². The van der Waals surface area contributed by atoms with Crippen molar-refractivity contribution in [3.63, 3.8) is 0 Å². The zero-order valence-corrected chi connectivity index (χ0v) is 13.6. The normalized spacial score (nSPS) is 10.2. The minimum Gasteiger partial charge on any atom is -0.465 e. The molecule has 0 fully saturated rings. The van der Waals surface area contributed by atoms with Gasteiger partial charge in [0.25, 0.3) is 11.6 Å². The van der Waals surface area contributed by atoms with Crippen LogP contribution in [-0.4, -0.2) is 35.9 Å². The third kappa shape index (κ3) is 4.37. The molecule has 0 saturated carbocycles. The average molecular weight is 346 g/mol. The number of nitro benzene ring substituents is 1. The Morgan fingerprint density at radius 1 is 1.20 bits per heavy atom. The molecule has 130 valence electrons. The van der Waals surface area contributed by atoms with E-state index in [1.807, 2.05) is 0 Å². The molecule has 0 aliphatic carbocycles. The lowest BCUT2D eigenvalue weighted by atomic mass is 10.1. The Morgan fingerprint density at radius 2 is 1.88 bits per heavy atom. The van der Waals surface area contributed by atoms with Crippen molar-refractivity contribution in [1.29, 1.82) is 0 Å². The Bertz CT molecular complexity index is 838. The first-order valence-corrected chi connectivity index (χ1v) is 7.19. The van der Waals surface area contributed by atoms with Crippen molar-refractivity contribution in [3.05, 3.63) is 75.1 Å². The van der Waals surface area contributed by atoms with Gasteiger partial charge < -0.3 is 9.64 Å². The number of halogens is 1. The number of nitrogens with zero attached hydrogens (tertiary/aromatic N) is 2. The van der Waals surface area contributed by atoms with Gasteiger partial charge in [-0.25, -0.2) is 9.18 Å². The van der Waals surface area contributed by atoms with Crippen LogP contribution in [-0.2, 0) is 11.3 Å². The molecule has 0 aromatic heterocycles. The summed E-state index contributed by atoms with van der Waals surface area (Å²) < 4.78 is 17.8. The summed E-state index contributed by atoms with van der Waals surface area (Å²) >= 11 is 0. The molecule has 0 saturated heterocycles. The second-order valence-electron chi connectivity index (χ2n) is 5.31. The first-order chi connectivity index (χ1) is 11.8. The monoisotopic (exact) mass is 346 g/mol. The van der Waals surface area contributed by atoms with Crippen LogP contribution in [0.15, 0.2) is 42.5 Å². The van der Waals surface area contributed by atoms with Crippen LogP contribution < -0.4 is 0 Å². The smallest absolute Gasteiger partial charge is 0.338 e. The van der Waals surface area contributed by atoms with Gasteiger partial charge in [0.2, 0.25) is 0 Å². The Balaban J connectivity index is 2.32. The molecule has 0 atom stereocenters. The molecule has 0 unspecified atom stereocenters. The number of rotatable bonds is 5. The summed E-state index contributed by atoms with van der Waals surface area (Å²) in [6.45, 7) is 0.104. The molecule has 0 aliphatic rings. The lowest BCUT2D eigenvalue weighted by molar-refractivity contribution is -0.384. The van der Waals surface area contributed by atoms with Crippen molar-refractivity contribution in [1.82, 2.24) is 4.90 Å². The fourth-order valence-electron chi connectivity index (χ4n) is 2.28. The van der Waals surface area contributed by atoms with Crippen LogP contribution in [0.5, 0.6) is 0 Å². The number of hydrogen-bond donors (Lipinski definition) is 0. The van der Waals surface area contributed by atoms with Gasteiger partial charge in [0.1, 0.15) is 5.82 Å². The average Bonchev–Trinajstić information content (AvgIpc) is 2.59. The van der Waals surface area contributed by atoms with Crippen molar-refractivity contribution in [2.75, 3.05) is 14.2 Å². The molecule has 0 heterocycles. The van der Waals surface area contributed by atoms with E-state index in [9.17, 15) is 24.1 Å². The highest BCUT2D eigenvalue weighted by Gasteiger charge is 2.20. The number of carbonyl (C=O) groups is 2. The lowest BCUT2D eigenvalue weighted by Gasteiger charge is -2.17. The van der Waals surface area contributed by atoms with Gasteiger partial charge in [-0.3, -0.25) is 14.9 Å². The highest BCUT2D eigenvalue weighted by Crippen LogP contribution is 2.20. The molecule has 0 spiro atoms. The van der Waals surface area contributed by atoms with Crippen molar-refractivity contribution < 1.29 is 23.6 Å². The number of hydrogen-bond acceptors (Lipinski definition) is 5. The standard InChI is InChI=1S/C17H15FN2O5/c1-19(10-11-4-3-5-14(18)6-11)16(21)12-7-13(17(22)25-2)9-15(8-12)20(23)24/h3-9H,10H2,1-2H3. The predicted octanol–water partition coefficient (Wildman–Crippen LogP) is 2.79. The van der Waals surface area contributed by atoms with Gasteiger partial charge in [0.05, 0.1) is 17.6 Å². The second kappa shape index (κ2) is 7.52. The highest BCUT2D eigenvalue weighted by atomic mass is 19.1. The van der Waals surface area contributed by atoms with E-state index >= 15 is 0 Å². The fourth-order valence-corrected chi connectivity index (χ4v) is 2.28. The number of benzene rings is 2. The summed E-state index contributed by atoms with van der Waals surface area (Å²) in [7, 11) is 2.61. The third-order valence-corrected chi connectivity index (χ3v) is 3.45. The topological polar surface area (TPSA) is 89.8 Å². The molecule has 2 aromatic rings. The molecule has 2 aromatic carbocycles. The van der Waals surface area contributed by atoms with Crippen LogP contribution in [0.3, 0.4) is 0 Å². The maximum Gasteiger partial charge on any atom is 0.338 e. The van der Waals surface area contributed by atoms with Crippen LogP contribution in [0, 0.1) is 15.9 Å². The number of nitro groups is 1. The van der Waals surface area contributed by atoms with Gasteiger partial charge in [0, 0.05) is 31.3 Å². The summed E-state index contributed by atoms with van der Waals surface area (Å²) in [6, 6.07) is 9.09. The number of methoxy groups -OCH3 is 1. The van der Waals surface area contributed by atoms with Gasteiger partial charge in [-0.15, -0.1) is 0 Å². The van der Waals surface area contributed by atoms with E-state index in [0.29, 0.717) is 5.56 Å². The van der Waals surface area contributed by atoms with Crippen molar-refractivity contribution in [2.45, 2.75) is 6.54 Å². The predicted molar refractivity (Wildman–Crippen MR) is 86.6 cm³/mol. The molecule has 0 radical (unpaired) electrons. The maximum atomic E-state index is 13.2. The molecule has 25 heavy (non-hydrogen) atoms. The number of ether oxygens (including phenoxy) is 1. The van der Waals surface area contributed by atoms with E-state index in [-0.39, 0.29) is 17.7 Å². The van der Waals surface area contributed by atoms with Crippen molar-refractivity contribution >= 4 is 17.6 Å². The quantitative estimate of drug-likeness (QED) is 0.472. The maximum absolute atomic E-state index is 13.2. The summed E-state index contributed by atoms with van der Waals surface area (Å²) in [5, 5.41) is 11.0. The number of amides is 1. The van der Waals surface area contributed by atoms with E-state index in [2.05, 4.69) is 4.74 Å². The van der Waals surface area contributed by atoms with Crippen LogP contribution in [0.4, 0.5) is 10.1 Å². The third-order valence-electron chi connectivity index (χ3n) is 3.45. The molecular formula is C17H15FN2O5. The molecule has 0 aliphatic heterocycles. The van der Waals surface area contributed by atoms with Crippen LogP contribution in [0.1, 0.15) is 26.3 Å².